The number of carbonyl (C=O) groups is 1. The van der Waals surface area contributed by atoms with Crippen LogP contribution in [-0.4, -0.2) is 17.5 Å². The number of halogens is 1. The van der Waals surface area contributed by atoms with Crippen LogP contribution < -0.4 is 15.1 Å². The minimum atomic E-state index is -0.687. The van der Waals surface area contributed by atoms with Gasteiger partial charge in [-0.3, -0.25) is 14.5 Å². The molecule has 1 aliphatic rings. The molecule has 2 aromatic heterocycles. The average Bonchev–Trinajstić information content (AvgIpc) is 3.08. The van der Waals surface area contributed by atoms with Crippen molar-refractivity contribution in [1.82, 2.24) is 4.98 Å². The Labute approximate surface area is 182 Å². The molecule has 0 N–H and O–H groups in total. The zero-order valence-electron chi connectivity index (χ0n) is 16.5. The largest absolute Gasteiger partial charge is 0.494 e. The average molecular weight is 433 g/mol. The van der Waals surface area contributed by atoms with Crippen LogP contribution >= 0.6 is 11.6 Å². The molecular formula is C24H17ClN2O4. The highest BCUT2D eigenvalue weighted by Gasteiger charge is 2.44. The van der Waals surface area contributed by atoms with E-state index in [1.807, 2.05) is 31.2 Å². The van der Waals surface area contributed by atoms with E-state index in [0.29, 0.717) is 39.7 Å². The van der Waals surface area contributed by atoms with Gasteiger partial charge in [0.15, 0.2) is 5.43 Å². The predicted molar refractivity (Wildman–Crippen MR) is 118 cm³/mol. The van der Waals surface area contributed by atoms with Gasteiger partial charge in [-0.05, 0) is 48.9 Å². The monoisotopic (exact) mass is 432 g/mol. The fraction of sp³-hybridized carbons (Fsp3) is 0.125. The molecule has 0 unspecified atom stereocenters. The lowest BCUT2D eigenvalue weighted by atomic mass is 9.98. The summed E-state index contributed by atoms with van der Waals surface area (Å²) in [6.07, 6.45) is 1.47. The molecule has 154 valence electrons. The maximum absolute atomic E-state index is 13.4. The zero-order chi connectivity index (χ0) is 21.5. The van der Waals surface area contributed by atoms with Gasteiger partial charge in [-0.1, -0.05) is 35.9 Å². The van der Waals surface area contributed by atoms with Crippen LogP contribution in [-0.2, 0) is 0 Å². The van der Waals surface area contributed by atoms with Gasteiger partial charge < -0.3 is 9.15 Å². The summed E-state index contributed by atoms with van der Waals surface area (Å²) < 4.78 is 11.4. The van der Waals surface area contributed by atoms with Gasteiger partial charge in [-0.25, -0.2) is 4.98 Å². The minimum Gasteiger partial charge on any atom is -0.494 e. The number of rotatable bonds is 4. The van der Waals surface area contributed by atoms with Crippen LogP contribution in [0.3, 0.4) is 0 Å². The topological polar surface area (TPSA) is 72.6 Å². The summed E-state index contributed by atoms with van der Waals surface area (Å²) >= 11 is 5.99. The molecule has 6 nitrogen and oxygen atoms in total. The van der Waals surface area contributed by atoms with Crippen LogP contribution in [0.2, 0.25) is 5.02 Å². The van der Waals surface area contributed by atoms with Gasteiger partial charge in [0.05, 0.1) is 28.6 Å². The summed E-state index contributed by atoms with van der Waals surface area (Å²) in [7, 11) is 0. The molecular weight excluding hydrogens is 416 g/mol. The van der Waals surface area contributed by atoms with Gasteiger partial charge in [0.25, 0.3) is 5.91 Å². The molecule has 3 heterocycles. The highest BCUT2D eigenvalue weighted by molar-refractivity contribution is 6.30. The molecule has 2 aromatic carbocycles. The molecule has 0 saturated heterocycles. The molecule has 0 radical (unpaired) electrons. The van der Waals surface area contributed by atoms with Crippen molar-refractivity contribution < 1.29 is 13.9 Å². The first kappa shape index (κ1) is 19.3. The van der Waals surface area contributed by atoms with Gasteiger partial charge in [0.2, 0.25) is 5.76 Å². The molecule has 0 fully saturated rings. The van der Waals surface area contributed by atoms with Crippen molar-refractivity contribution in [2.45, 2.75) is 13.0 Å². The summed E-state index contributed by atoms with van der Waals surface area (Å²) in [6, 6.07) is 16.8. The summed E-state index contributed by atoms with van der Waals surface area (Å²) in [6.45, 7) is 2.45. The maximum atomic E-state index is 13.4. The Morgan fingerprint density at radius 3 is 2.55 bits per heavy atom. The normalized spacial score (nSPS) is 15.4. The Bertz CT molecular complexity index is 1350. The van der Waals surface area contributed by atoms with Crippen molar-refractivity contribution in [2.75, 3.05) is 11.5 Å². The van der Waals surface area contributed by atoms with Crippen LogP contribution in [0.25, 0.3) is 11.0 Å². The summed E-state index contributed by atoms with van der Waals surface area (Å²) in [5, 5.41) is 0.876. The van der Waals surface area contributed by atoms with Crippen molar-refractivity contribution in [2.24, 2.45) is 0 Å². The molecule has 7 heteroatoms. The Morgan fingerprint density at radius 1 is 1.06 bits per heavy atom. The van der Waals surface area contributed by atoms with Crippen LogP contribution in [0.15, 0.2) is 76.1 Å². The van der Waals surface area contributed by atoms with E-state index in [4.69, 9.17) is 20.8 Å². The van der Waals surface area contributed by atoms with Crippen molar-refractivity contribution >= 4 is 34.3 Å². The van der Waals surface area contributed by atoms with Gasteiger partial charge in [0, 0.05) is 6.20 Å². The Morgan fingerprint density at radius 2 is 1.84 bits per heavy atom. The molecule has 4 aromatic rings. The minimum absolute atomic E-state index is 0.0272. The molecule has 31 heavy (non-hydrogen) atoms. The van der Waals surface area contributed by atoms with E-state index in [0.717, 1.165) is 5.56 Å². The molecule has 0 saturated carbocycles. The summed E-state index contributed by atoms with van der Waals surface area (Å²) in [5.74, 6) is 0.687. The van der Waals surface area contributed by atoms with Crippen molar-refractivity contribution in [3.63, 3.8) is 0 Å². The lowest BCUT2D eigenvalue weighted by molar-refractivity contribution is 0.0970. The molecule has 5 rings (SSSR count). The van der Waals surface area contributed by atoms with E-state index in [1.54, 1.807) is 36.4 Å². The highest BCUT2D eigenvalue weighted by atomic mass is 35.5. The van der Waals surface area contributed by atoms with E-state index >= 15 is 0 Å². The SMILES string of the molecule is CCOc1ccc([C@H]2c3c(oc4ccccc4c3=O)C(=O)N2c2ccc(Cl)cn2)cc1. The highest BCUT2D eigenvalue weighted by Crippen LogP contribution is 2.41. The van der Waals surface area contributed by atoms with E-state index in [1.165, 1.54) is 11.1 Å². The first-order valence-corrected chi connectivity index (χ1v) is 10.2. The van der Waals surface area contributed by atoms with E-state index < -0.39 is 11.9 Å². The first-order chi connectivity index (χ1) is 15.1. The number of ether oxygens (including phenoxy) is 1. The van der Waals surface area contributed by atoms with Crippen LogP contribution in [0.5, 0.6) is 5.75 Å². The smallest absolute Gasteiger partial charge is 0.296 e. The lowest BCUT2D eigenvalue weighted by Gasteiger charge is -2.24. The van der Waals surface area contributed by atoms with Crippen LogP contribution in [0.4, 0.5) is 5.82 Å². The summed E-state index contributed by atoms with van der Waals surface area (Å²) in [5.41, 5.74) is 1.18. The number of pyridine rings is 1. The molecule has 1 aliphatic heterocycles. The quantitative estimate of drug-likeness (QED) is 0.454. The molecule has 1 amide bonds. The predicted octanol–water partition coefficient (Wildman–Crippen LogP) is 4.99. The number of nitrogens with zero attached hydrogens (tertiary/aromatic N) is 2. The van der Waals surface area contributed by atoms with Crippen molar-refractivity contribution in [1.29, 1.82) is 0 Å². The number of amides is 1. The second-order valence-corrected chi connectivity index (χ2v) is 7.52. The number of aromatic nitrogens is 1. The fourth-order valence-electron chi connectivity index (χ4n) is 3.89. The molecule has 1 atom stereocenters. The van der Waals surface area contributed by atoms with Crippen LogP contribution in [0, 0.1) is 0 Å². The first-order valence-electron chi connectivity index (χ1n) is 9.82. The molecule has 0 spiro atoms. The van der Waals surface area contributed by atoms with Gasteiger partial charge in [-0.15, -0.1) is 0 Å². The third-order valence-electron chi connectivity index (χ3n) is 5.24. The van der Waals surface area contributed by atoms with Gasteiger partial charge in [-0.2, -0.15) is 0 Å². The maximum Gasteiger partial charge on any atom is 0.296 e. The Balaban J connectivity index is 1.75. The van der Waals surface area contributed by atoms with Crippen molar-refractivity contribution in [3.8, 4) is 5.75 Å². The number of benzene rings is 2. The fourth-order valence-corrected chi connectivity index (χ4v) is 4.01. The standard InChI is InChI=1S/C24H17ClN2O4/c1-2-30-16-10-7-14(8-11-16)21-20-22(28)17-5-3-4-6-18(17)31-23(20)24(29)27(21)19-12-9-15(25)13-26-19/h3-13,21H,2H2,1H3/t21-/m0/s1. The van der Waals surface area contributed by atoms with E-state index in [-0.39, 0.29) is 11.2 Å². The number of anilines is 1. The van der Waals surface area contributed by atoms with Crippen LogP contribution in [0.1, 0.15) is 34.6 Å². The zero-order valence-corrected chi connectivity index (χ0v) is 17.3. The number of hydrogen-bond donors (Lipinski definition) is 0. The Hall–Kier alpha value is -3.64. The molecule has 0 aliphatic carbocycles. The number of hydrogen-bond acceptors (Lipinski definition) is 5. The Kier molecular flexibility index (Phi) is 4.71. The third-order valence-corrected chi connectivity index (χ3v) is 5.47. The van der Waals surface area contributed by atoms with Gasteiger partial charge in [0.1, 0.15) is 17.2 Å². The number of carbonyl (C=O) groups excluding carboxylic acids is 1. The van der Waals surface area contributed by atoms with E-state index in [9.17, 15) is 9.59 Å². The molecule has 0 bridgehead atoms. The lowest BCUT2D eigenvalue weighted by Crippen LogP contribution is -2.30. The van der Waals surface area contributed by atoms with Crippen molar-refractivity contribution in [3.05, 3.63) is 99.0 Å². The van der Waals surface area contributed by atoms with Gasteiger partial charge >= 0.3 is 0 Å². The number of fused-ring (bicyclic) bond motifs is 2. The van der Waals surface area contributed by atoms with E-state index in [2.05, 4.69) is 4.98 Å². The summed E-state index contributed by atoms with van der Waals surface area (Å²) in [4.78, 5) is 32.7. The second-order valence-electron chi connectivity index (χ2n) is 7.08. The number of para-hydroxylation sites is 1. The second kappa shape index (κ2) is 7.56. The third kappa shape index (κ3) is 3.16.